The van der Waals surface area contributed by atoms with Crippen LogP contribution in [-0.4, -0.2) is 34.3 Å². The Morgan fingerprint density at radius 1 is 1.58 bits per heavy atom. The van der Waals surface area contributed by atoms with Crippen molar-refractivity contribution >= 4 is 17.7 Å². The molecule has 0 spiro atoms. The Bertz CT molecular complexity index is 138. The van der Waals surface area contributed by atoms with Crippen LogP contribution in [-0.2, 0) is 4.79 Å². The largest absolute Gasteiger partial charge is 0.481 e. The van der Waals surface area contributed by atoms with E-state index in [4.69, 9.17) is 5.11 Å². The maximum Gasteiger partial charge on any atom is 0.303 e. The van der Waals surface area contributed by atoms with Crippen molar-refractivity contribution in [2.75, 3.05) is 12.0 Å². The molecule has 2 N–H and O–H groups in total. The molecule has 72 valence electrons. The number of rotatable bonds is 6. The molecule has 0 aliphatic heterocycles. The first-order valence-corrected chi connectivity index (χ1v) is 5.36. The highest BCUT2D eigenvalue weighted by atomic mass is 32.2. The molecule has 3 nitrogen and oxygen atoms in total. The van der Waals surface area contributed by atoms with Gasteiger partial charge < -0.3 is 10.2 Å². The summed E-state index contributed by atoms with van der Waals surface area (Å²) >= 11 is 1.66. The van der Waals surface area contributed by atoms with E-state index in [1.54, 1.807) is 18.7 Å². The Balaban J connectivity index is 3.60. The minimum Gasteiger partial charge on any atom is -0.481 e. The normalized spacial score (nSPS) is 15.6. The highest BCUT2D eigenvalue weighted by Crippen LogP contribution is 2.13. The molecule has 0 saturated heterocycles. The second kappa shape index (κ2) is 6.31. The Hall–Kier alpha value is -0.220. The van der Waals surface area contributed by atoms with Crippen molar-refractivity contribution < 1.29 is 15.0 Å². The van der Waals surface area contributed by atoms with E-state index in [2.05, 4.69) is 0 Å². The first-order valence-electron chi connectivity index (χ1n) is 3.96. The van der Waals surface area contributed by atoms with E-state index >= 15 is 0 Å². The van der Waals surface area contributed by atoms with Crippen LogP contribution < -0.4 is 0 Å². The number of aliphatic hydroxyl groups is 1. The number of thioether (sulfide) groups is 1. The van der Waals surface area contributed by atoms with Crippen molar-refractivity contribution in [2.24, 2.45) is 5.92 Å². The first kappa shape index (κ1) is 11.8. The highest BCUT2D eigenvalue weighted by molar-refractivity contribution is 7.98. The van der Waals surface area contributed by atoms with Gasteiger partial charge >= 0.3 is 5.97 Å². The average molecular weight is 192 g/mol. The van der Waals surface area contributed by atoms with Crippen LogP contribution in [0.5, 0.6) is 0 Å². The lowest BCUT2D eigenvalue weighted by molar-refractivity contribution is -0.138. The molecule has 0 aromatic heterocycles. The molecule has 0 aliphatic rings. The Labute approximate surface area is 77.2 Å². The zero-order chi connectivity index (χ0) is 9.56. The molecule has 12 heavy (non-hydrogen) atoms. The summed E-state index contributed by atoms with van der Waals surface area (Å²) in [4.78, 5) is 10.3. The van der Waals surface area contributed by atoms with Crippen LogP contribution >= 0.6 is 11.8 Å². The minimum atomic E-state index is -0.842. The summed E-state index contributed by atoms with van der Waals surface area (Å²) in [5, 5.41) is 17.9. The smallest absolute Gasteiger partial charge is 0.303 e. The van der Waals surface area contributed by atoms with E-state index < -0.39 is 12.1 Å². The van der Waals surface area contributed by atoms with Gasteiger partial charge in [-0.3, -0.25) is 4.79 Å². The summed E-state index contributed by atoms with van der Waals surface area (Å²) in [6, 6.07) is 0. The van der Waals surface area contributed by atoms with Gasteiger partial charge in [0.2, 0.25) is 0 Å². The van der Waals surface area contributed by atoms with Crippen molar-refractivity contribution in [1.82, 2.24) is 0 Å². The van der Waals surface area contributed by atoms with Crippen molar-refractivity contribution in [3.8, 4) is 0 Å². The maximum absolute atomic E-state index is 10.3. The van der Waals surface area contributed by atoms with Crippen molar-refractivity contribution in [1.29, 1.82) is 0 Å². The van der Waals surface area contributed by atoms with Gasteiger partial charge in [0.15, 0.2) is 0 Å². The molecule has 0 aromatic rings. The molecule has 0 bridgehead atoms. The zero-order valence-electron chi connectivity index (χ0n) is 7.49. The molecule has 0 aliphatic carbocycles. The number of hydrogen-bond donors (Lipinski definition) is 2. The fourth-order valence-electron chi connectivity index (χ4n) is 0.935. The summed E-state index contributed by atoms with van der Waals surface area (Å²) in [5.41, 5.74) is 0. The molecule has 0 radical (unpaired) electrons. The number of hydrogen-bond acceptors (Lipinski definition) is 3. The monoisotopic (exact) mass is 192 g/mol. The Morgan fingerprint density at radius 2 is 2.17 bits per heavy atom. The van der Waals surface area contributed by atoms with Crippen LogP contribution in [0.15, 0.2) is 0 Å². The van der Waals surface area contributed by atoms with Gasteiger partial charge in [-0.1, -0.05) is 6.92 Å². The minimum absolute atomic E-state index is 0.0511. The van der Waals surface area contributed by atoms with Gasteiger partial charge in [-0.15, -0.1) is 0 Å². The van der Waals surface area contributed by atoms with Gasteiger partial charge in [-0.2, -0.15) is 11.8 Å². The summed E-state index contributed by atoms with van der Waals surface area (Å²) in [7, 11) is 0. The third-order valence-corrected chi connectivity index (χ3v) is 2.42. The molecule has 0 amide bonds. The average Bonchev–Trinajstić information content (AvgIpc) is 1.98. The summed E-state index contributed by atoms with van der Waals surface area (Å²) in [5.74, 6) is -0.106. The van der Waals surface area contributed by atoms with Crippen LogP contribution in [0.2, 0.25) is 0 Å². The summed E-state index contributed by atoms with van der Waals surface area (Å²) in [6.45, 7) is 1.76. The predicted octanol–water partition coefficient (Wildman–Crippen LogP) is 1.21. The second-order valence-corrected chi connectivity index (χ2v) is 3.91. The lowest BCUT2D eigenvalue weighted by Crippen LogP contribution is -2.21. The number of carboxylic acid groups (broad SMARTS) is 1. The van der Waals surface area contributed by atoms with E-state index in [9.17, 15) is 9.90 Å². The number of aliphatic hydroxyl groups excluding tert-OH is 1. The van der Waals surface area contributed by atoms with Crippen LogP contribution in [0, 0.1) is 5.92 Å². The predicted molar refractivity (Wildman–Crippen MR) is 50.4 cm³/mol. The van der Waals surface area contributed by atoms with Crippen LogP contribution in [0.3, 0.4) is 0 Å². The maximum atomic E-state index is 10.3. The van der Waals surface area contributed by atoms with E-state index in [-0.39, 0.29) is 12.3 Å². The second-order valence-electron chi connectivity index (χ2n) is 2.92. The molecule has 0 heterocycles. The number of carboxylic acids is 1. The quantitative estimate of drug-likeness (QED) is 0.664. The SMILES string of the molecule is CSCCC(O)C(C)CC(=O)O. The van der Waals surface area contributed by atoms with Gasteiger partial charge in [0.25, 0.3) is 0 Å². The van der Waals surface area contributed by atoms with Crippen LogP contribution in [0.4, 0.5) is 0 Å². The van der Waals surface area contributed by atoms with Crippen molar-refractivity contribution in [3.05, 3.63) is 0 Å². The molecule has 0 aromatic carbocycles. The van der Waals surface area contributed by atoms with E-state index in [1.165, 1.54) is 0 Å². The molecule has 2 unspecified atom stereocenters. The molecular formula is C8H16O3S. The van der Waals surface area contributed by atoms with E-state index in [0.717, 1.165) is 5.75 Å². The van der Waals surface area contributed by atoms with Crippen LogP contribution in [0.25, 0.3) is 0 Å². The van der Waals surface area contributed by atoms with Gasteiger partial charge in [0.1, 0.15) is 0 Å². The van der Waals surface area contributed by atoms with Crippen LogP contribution in [0.1, 0.15) is 19.8 Å². The molecule has 2 atom stereocenters. The first-order chi connectivity index (χ1) is 5.57. The lowest BCUT2D eigenvalue weighted by Gasteiger charge is -2.15. The fourth-order valence-corrected chi connectivity index (χ4v) is 1.41. The van der Waals surface area contributed by atoms with E-state index in [1.807, 2.05) is 6.26 Å². The van der Waals surface area contributed by atoms with Gasteiger partial charge in [0.05, 0.1) is 12.5 Å². The van der Waals surface area contributed by atoms with Gasteiger partial charge in [-0.05, 0) is 24.3 Å². The highest BCUT2D eigenvalue weighted by Gasteiger charge is 2.16. The van der Waals surface area contributed by atoms with Gasteiger partial charge in [0, 0.05) is 0 Å². The Morgan fingerprint density at radius 3 is 2.58 bits per heavy atom. The third-order valence-electron chi connectivity index (χ3n) is 1.77. The summed E-state index contributed by atoms with van der Waals surface area (Å²) < 4.78 is 0. The molecule has 0 rings (SSSR count). The topological polar surface area (TPSA) is 57.5 Å². The molecule has 4 heteroatoms. The molecule has 0 saturated carbocycles. The standard InChI is InChI=1S/C8H16O3S/c1-6(5-8(10)11)7(9)3-4-12-2/h6-7,9H,3-5H2,1-2H3,(H,10,11). The van der Waals surface area contributed by atoms with Gasteiger partial charge in [-0.25, -0.2) is 0 Å². The molecule has 0 fully saturated rings. The molecular weight excluding hydrogens is 176 g/mol. The summed E-state index contributed by atoms with van der Waals surface area (Å²) in [6.07, 6.45) is 2.22. The fraction of sp³-hybridized carbons (Fsp3) is 0.875. The Kier molecular flexibility index (Phi) is 6.20. The zero-order valence-corrected chi connectivity index (χ0v) is 8.30. The lowest BCUT2D eigenvalue weighted by atomic mass is 9.99. The van der Waals surface area contributed by atoms with Crippen molar-refractivity contribution in [3.63, 3.8) is 0 Å². The van der Waals surface area contributed by atoms with Crippen molar-refractivity contribution in [2.45, 2.75) is 25.9 Å². The van der Waals surface area contributed by atoms with E-state index in [0.29, 0.717) is 6.42 Å². The third kappa shape index (κ3) is 5.43. The number of carbonyl (C=O) groups is 1. The number of aliphatic carboxylic acids is 1.